The largest absolute Gasteiger partial charge is 0.500 e. The van der Waals surface area contributed by atoms with Gasteiger partial charge >= 0.3 is 8.80 Å². The van der Waals surface area contributed by atoms with Gasteiger partial charge in [-0.3, -0.25) is 10.8 Å². The summed E-state index contributed by atoms with van der Waals surface area (Å²) in [4.78, 5) is 0. The number of amidine groups is 2. The van der Waals surface area contributed by atoms with Gasteiger partial charge in [0.2, 0.25) is 0 Å². The number of nitrogens with zero attached hydrogens (tertiary/aromatic N) is 2. The summed E-state index contributed by atoms with van der Waals surface area (Å²) in [6.07, 6.45) is 0.895. The molecule has 13 heteroatoms. The van der Waals surface area contributed by atoms with Crippen LogP contribution in [-0.4, -0.2) is 57.9 Å². The molecule has 0 bridgehead atoms. The first-order valence-electron chi connectivity index (χ1n) is 9.59. The molecule has 8 N–H and O–H groups in total. The molecule has 10 nitrogen and oxygen atoms in total. The zero-order valence-electron chi connectivity index (χ0n) is 19.4. The van der Waals surface area contributed by atoms with E-state index in [0.717, 1.165) is 12.5 Å². The lowest BCUT2D eigenvalue weighted by Crippen LogP contribution is -2.46. The molecule has 0 saturated carbocycles. The molecule has 0 heterocycles. The summed E-state index contributed by atoms with van der Waals surface area (Å²) >= 11 is 0. The molecule has 0 aromatic heterocycles. The summed E-state index contributed by atoms with van der Waals surface area (Å²) in [6.45, 7) is 15.1. The van der Waals surface area contributed by atoms with Crippen molar-refractivity contribution in [1.29, 1.82) is 10.8 Å². The SMILES string of the molecule is CC(C)(N=NC(C)(C)C(=N)N)C(=N)N.CCO[Si](CCCN)(OCC)OCC.Cl.Cl. The van der Waals surface area contributed by atoms with Crippen molar-refractivity contribution >= 4 is 45.3 Å². The van der Waals surface area contributed by atoms with Gasteiger partial charge in [-0.05, 0) is 61.4 Å². The molecule has 0 spiro atoms. The van der Waals surface area contributed by atoms with Crippen LogP contribution in [0.25, 0.3) is 0 Å². The van der Waals surface area contributed by atoms with Gasteiger partial charge in [0.05, 0.1) is 0 Å². The Balaban J connectivity index is -0.000000211. The van der Waals surface area contributed by atoms with Gasteiger partial charge < -0.3 is 30.5 Å². The van der Waals surface area contributed by atoms with E-state index in [-0.39, 0.29) is 36.5 Å². The Labute approximate surface area is 195 Å². The molecule has 0 saturated heterocycles. The molecule has 30 heavy (non-hydrogen) atoms. The Kier molecular flexibility index (Phi) is 21.7. The van der Waals surface area contributed by atoms with Crippen LogP contribution < -0.4 is 17.2 Å². The highest BCUT2D eigenvalue weighted by Crippen LogP contribution is 2.17. The van der Waals surface area contributed by atoms with Crippen molar-refractivity contribution in [1.82, 2.24) is 0 Å². The van der Waals surface area contributed by atoms with E-state index in [2.05, 4.69) is 10.2 Å². The summed E-state index contributed by atoms with van der Waals surface area (Å²) in [5.41, 5.74) is 14.4. The first-order valence-corrected chi connectivity index (χ1v) is 11.5. The predicted molar refractivity (Wildman–Crippen MR) is 130 cm³/mol. The quantitative estimate of drug-likeness (QED) is 0.114. The van der Waals surface area contributed by atoms with E-state index in [1.165, 1.54) is 0 Å². The van der Waals surface area contributed by atoms with Crippen molar-refractivity contribution in [2.45, 2.75) is 72.0 Å². The number of rotatable bonds is 13. The Hall–Kier alpha value is -0.823. The monoisotopic (exact) mass is 491 g/mol. The zero-order valence-corrected chi connectivity index (χ0v) is 22.0. The molecule has 182 valence electrons. The average Bonchev–Trinajstić information content (AvgIpc) is 2.59. The second-order valence-corrected chi connectivity index (χ2v) is 9.75. The molecule has 0 rings (SSSR count). The summed E-state index contributed by atoms with van der Waals surface area (Å²) in [7, 11) is -2.40. The minimum atomic E-state index is -2.40. The molecule has 0 aliphatic heterocycles. The van der Waals surface area contributed by atoms with E-state index in [1.54, 1.807) is 27.7 Å². The van der Waals surface area contributed by atoms with Gasteiger partial charge in [0.15, 0.2) is 0 Å². The minimum Gasteiger partial charge on any atom is -0.386 e. The average molecular weight is 493 g/mol. The van der Waals surface area contributed by atoms with E-state index < -0.39 is 19.9 Å². The first kappa shape index (κ1) is 36.5. The Morgan fingerprint density at radius 1 is 0.800 bits per heavy atom. The maximum absolute atomic E-state index is 7.25. The number of hydrogen-bond acceptors (Lipinski definition) is 8. The zero-order chi connectivity index (χ0) is 22.4. The molecule has 0 aromatic rings. The van der Waals surface area contributed by atoms with Crippen LogP contribution in [0.5, 0.6) is 0 Å². The van der Waals surface area contributed by atoms with Gasteiger partial charge in [-0.25, -0.2) is 0 Å². The molecule has 0 radical (unpaired) electrons. The van der Waals surface area contributed by atoms with Crippen molar-refractivity contribution in [2.24, 2.45) is 27.4 Å². The van der Waals surface area contributed by atoms with Crippen LogP contribution in [0.4, 0.5) is 0 Å². The van der Waals surface area contributed by atoms with E-state index in [4.69, 9.17) is 41.3 Å². The molecule has 0 aromatic carbocycles. The summed E-state index contributed by atoms with van der Waals surface area (Å²) < 4.78 is 17.0. The number of hydrogen-bond donors (Lipinski definition) is 5. The second-order valence-electron chi connectivity index (χ2n) is 7.02. The fourth-order valence-corrected chi connectivity index (χ4v) is 4.32. The van der Waals surface area contributed by atoms with Crippen LogP contribution in [0, 0.1) is 10.8 Å². The maximum Gasteiger partial charge on any atom is 0.500 e. The minimum absolute atomic E-state index is 0. The Morgan fingerprint density at radius 3 is 1.30 bits per heavy atom. The van der Waals surface area contributed by atoms with E-state index in [1.807, 2.05) is 20.8 Å². The highest BCUT2D eigenvalue weighted by Gasteiger charge is 2.39. The van der Waals surface area contributed by atoms with E-state index in [9.17, 15) is 0 Å². The van der Waals surface area contributed by atoms with Gasteiger partial charge in [-0.2, -0.15) is 10.2 Å². The normalized spacial score (nSPS) is 11.7. The summed E-state index contributed by atoms with van der Waals surface area (Å²) in [6, 6.07) is 0.818. The lowest BCUT2D eigenvalue weighted by Gasteiger charge is -2.28. The van der Waals surface area contributed by atoms with Gasteiger partial charge in [0.1, 0.15) is 22.7 Å². The first-order chi connectivity index (χ1) is 12.8. The second kappa shape index (κ2) is 17.8. The third kappa shape index (κ3) is 15.0. The molecule has 0 aliphatic carbocycles. The number of halogens is 2. The van der Waals surface area contributed by atoms with Crippen molar-refractivity contribution in [2.75, 3.05) is 26.4 Å². The van der Waals surface area contributed by atoms with Gasteiger partial charge in [-0.15, -0.1) is 24.8 Å². The van der Waals surface area contributed by atoms with Crippen molar-refractivity contribution < 1.29 is 13.3 Å². The number of azo groups is 1. The Bertz CT molecular complexity index is 465. The van der Waals surface area contributed by atoms with Crippen LogP contribution in [0.15, 0.2) is 10.2 Å². The van der Waals surface area contributed by atoms with Crippen LogP contribution in [-0.2, 0) is 13.3 Å². The standard InChI is InChI=1S/C9H23NO3Si.C8H18N6.2ClH/c1-4-11-14(12-5-2,13-6-3)9-7-8-10;1-7(2,5(9)10)13-14-8(3,4)6(11)12;;/h4-10H2,1-3H3;1-4H3,(H3,9,10)(H3,11,12);2*1H. The fourth-order valence-electron chi connectivity index (χ4n) is 1.68. The van der Waals surface area contributed by atoms with Crippen molar-refractivity contribution in [3.63, 3.8) is 0 Å². The summed E-state index contributed by atoms with van der Waals surface area (Å²) in [5.74, 6) is -0.138. The molecular weight excluding hydrogens is 449 g/mol. The molecule has 0 amide bonds. The van der Waals surface area contributed by atoms with Gasteiger partial charge in [0, 0.05) is 25.9 Å². The predicted octanol–water partition coefficient (Wildman–Crippen LogP) is 3.09. The number of nitrogens with two attached hydrogens (primary N) is 3. The lowest BCUT2D eigenvalue weighted by atomic mass is 10.1. The summed E-state index contributed by atoms with van der Waals surface area (Å²) in [5, 5.41) is 22.3. The highest BCUT2D eigenvalue weighted by molar-refractivity contribution is 6.60. The smallest absolute Gasteiger partial charge is 0.386 e. The van der Waals surface area contributed by atoms with Crippen molar-refractivity contribution in [3.8, 4) is 0 Å². The molecule has 0 aliphatic rings. The third-order valence-corrected chi connectivity index (χ3v) is 6.80. The third-order valence-electron chi connectivity index (χ3n) is 3.65. The highest BCUT2D eigenvalue weighted by atomic mass is 35.5. The fraction of sp³-hybridized carbons (Fsp3) is 0.882. The van der Waals surface area contributed by atoms with Crippen LogP contribution in [0.3, 0.4) is 0 Å². The van der Waals surface area contributed by atoms with Crippen LogP contribution in [0.1, 0.15) is 54.9 Å². The van der Waals surface area contributed by atoms with Gasteiger partial charge in [-0.1, -0.05) is 0 Å². The van der Waals surface area contributed by atoms with E-state index in [0.29, 0.717) is 26.4 Å². The molecule has 0 fully saturated rings. The Morgan fingerprint density at radius 2 is 1.10 bits per heavy atom. The topological polar surface area (TPSA) is 178 Å². The number of nitrogens with one attached hydrogen (secondary N) is 2. The van der Waals surface area contributed by atoms with E-state index >= 15 is 0 Å². The maximum atomic E-state index is 7.25. The van der Waals surface area contributed by atoms with Gasteiger partial charge in [0.25, 0.3) is 0 Å². The molecular formula is C17H43Cl2N7O3Si. The molecule has 0 atom stereocenters. The van der Waals surface area contributed by atoms with Crippen LogP contribution in [0.2, 0.25) is 6.04 Å². The van der Waals surface area contributed by atoms with Crippen LogP contribution >= 0.6 is 24.8 Å². The lowest BCUT2D eigenvalue weighted by molar-refractivity contribution is 0.0710. The van der Waals surface area contributed by atoms with Crippen molar-refractivity contribution in [3.05, 3.63) is 0 Å². The molecule has 0 unspecified atom stereocenters.